The summed E-state index contributed by atoms with van der Waals surface area (Å²) in [6, 6.07) is 0. The zero-order valence-electron chi connectivity index (χ0n) is 17.1. The second-order valence-corrected chi connectivity index (χ2v) is 9.78. The molecule has 0 fully saturated rings. The maximum atomic E-state index is 9.87. The van der Waals surface area contributed by atoms with E-state index in [2.05, 4.69) is 23.4 Å². The molecule has 0 radical (unpaired) electrons. The quantitative estimate of drug-likeness (QED) is 0.0876. The van der Waals surface area contributed by atoms with Gasteiger partial charge in [-0.15, -0.1) is 0 Å². The Morgan fingerprint density at radius 3 is 1.46 bits per heavy atom. The summed E-state index contributed by atoms with van der Waals surface area (Å²) in [5.41, 5.74) is 0. The Morgan fingerprint density at radius 2 is 1.14 bits per heavy atom. The van der Waals surface area contributed by atoms with Crippen molar-refractivity contribution in [2.24, 2.45) is 0 Å². The van der Waals surface area contributed by atoms with Crippen molar-refractivity contribution in [2.75, 3.05) is 26.7 Å². The first-order valence-electron chi connectivity index (χ1n) is 10.3. The van der Waals surface area contributed by atoms with Crippen molar-refractivity contribution in [2.45, 2.75) is 84.0 Å². The van der Waals surface area contributed by atoms with E-state index in [-0.39, 0.29) is 0 Å². The molecule has 0 aromatic heterocycles. The van der Waals surface area contributed by atoms with E-state index in [0.717, 1.165) is 24.9 Å². The maximum absolute atomic E-state index is 10.7. The number of hydrogen-bond donors (Lipinski definition) is 0. The summed E-state index contributed by atoms with van der Waals surface area (Å²) in [6.07, 6.45) is 17.0. The molecule has 1 aliphatic heterocycles. The van der Waals surface area contributed by atoms with Crippen molar-refractivity contribution in [1.29, 1.82) is 0 Å². The van der Waals surface area contributed by atoms with E-state index >= 15 is 0 Å². The van der Waals surface area contributed by atoms with Crippen LogP contribution in [0, 0.1) is 0 Å². The van der Waals surface area contributed by atoms with E-state index in [1.807, 2.05) is 0 Å². The van der Waals surface area contributed by atoms with Crippen LogP contribution >= 0.6 is 19.4 Å². The zero-order valence-corrected chi connectivity index (χ0v) is 18.7. The van der Waals surface area contributed by atoms with Gasteiger partial charge in [-0.1, -0.05) is 71.1 Å². The molecule has 28 heavy (non-hydrogen) atoms. The number of rotatable bonds is 13. The predicted molar refractivity (Wildman–Crippen MR) is 108 cm³/mol. The number of halogens is 7. The molecule has 0 atom stereocenters. The number of likely N-dealkylation sites (N-methyl/N-ethyl adjacent to an activating group) is 1. The molecule has 172 valence electrons. The summed E-state index contributed by atoms with van der Waals surface area (Å²) in [5.74, 6) is 0. The zero-order chi connectivity index (χ0) is 21.7. The van der Waals surface area contributed by atoms with Gasteiger partial charge >= 0.3 is 38.3 Å². The van der Waals surface area contributed by atoms with Crippen LogP contribution in [0.2, 0.25) is 0 Å². The van der Waals surface area contributed by atoms with Crippen LogP contribution in [0.4, 0.5) is 25.2 Å². The Kier molecular flexibility index (Phi) is 11.7. The van der Waals surface area contributed by atoms with Crippen LogP contribution in [-0.2, 0) is 0 Å². The van der Waals surface area contributed by atoms with Gasteiger partial charge in [0, 0.05) is 11.6 Å². The Morgan fingerprint density at radius 1 is 0.786 bits per heavy atom. The third-order valence-corrected chi connectivity index (χ3v) is 5.09. The monoisotopic (exact) mass is 460 g/mol. The summed E-state index contributed by atoms with van der Waals surface area (Å²) >= 11 is 6.24. The molecule has 0 aromatic carbocycles. The first-order valence-corrected chi connectivity index (χ1v) is 12.7. The summed E-state index contributed by atoms with van der Waals surface area (Å²) in [4.78, 5) is 2.32. The van der Waals surface area contributed by atoms with Crippen molar-refractivity contribution in [3.8, 4) is 0 Å². The third-order valence-electron chi connectivity index (χ3n) is 4.56. The standard InChI is InChI=1S/C18H36ClN2.F6P/c1-3-4-5-6-7-8-9-10-11-12-13-14-15-21-17-16-20(2)18(21)19;1-7(2,3,4,5)6/h3-17H2,1-2H3;/q+1;-1. The van der Waals surface area contributed by atoms with E-state index < -0.39 is 7.81 Å². The van der Waals surface area contributed by atoms with Gasteiger partial charge in [-0.05, 0) is 12.8 Å². The first-order chi connectivity index (χ1) is 12.7. The fourth-order valence-corrected chi connectivity index (χ4v) is 3.30. The van der Waals surface area contributed by atoms with E-state index in [9.17, 15) is 25.2 Å². The molecule has 0 unspecified atom stereocenters. The normalized spacial score (nSPS) is 17.2. The number of hydrogen-bond acceptors (Lipinski definition) is 1. The molecule has 0 saturated carbocycles. The van der Waals surface area contributed by atoms with Crippen LogP contribution in [0.1, 0.15) is 84.0 Å². The molecule has 1 rings (SSSR count). The summed E-state index contributed by atoms with van der Waals surface area (Å²) < 4.78 is 61.3. The first kappa shape index (κ1) is 27.8. The van der Waals surface area contributed by atoms with Gasteiger partial charge in [0.1, 0.15) is 13.1 Å². The fraction of sp³-hybridized carbons (Fsp3) is 0.944. The Balaban J connectivity index is 0.000000887. The van der Waals surface area contributed by atoms with Gasteiger partial charge in [0.2, 0.25) is 0 Å². The minimum absolute atomic E-state index is 0.943. The number of unbranched alkanes of at least 4 members (excludes halogenated alkanes) is 11. The molecule has 0 bridgehead atoms. The summed E-state index contributed by atoms with van der Waals surface area (Å²) in [7, 11) is -8.58. The second kappa shape index (κ2) is 11.8. The Hall–Kier alpha value is -0.230. The molecule has 0 amide bonds. The van der Waals surface area contributed by atoms with Crippen LogP contribution in [0.25, 0.3) is 0 Å². The molecular weight excluding hydrogens is 425 g/mol. The molecule has 0 saturated heterocycles. The van der Waals surface area contributed by atoms with Crippen LogP contribution in [0.15, 0.2) is 0 Å². The van der Waals surface area contributed by atoms with Gasteiger partial charge in [0.05, 0.1) is 13.6 Å². The Labute approximate surface area is 170 Å². The Bertz CT molecular complexity index is 456. The molecule has 1 heterocycles. The molecule has 0 aromatic rings. The van der Waals surface area contributed by atoms with E-state index in [1.165, 1.54) is 77.0 Å². The molecular formula is C18H36ClF6N2P. The van der Waals surface area contributed by atoms with Crippen molar-refractivity contribution in [3.63, 3.8) is 0 Å². The van der Waals surface area contributed by atoms with Crippen molar-refractivity contribution in [1.82, 2.24) is 4.90 Å². The van der Waals surface area contributed by atoms with Crippen molar-refractivity contribution >= 4 is 24.7 Å². The SMILES string of the molecule is CCCCCCCCCCCCCCN1CC[N+](C)=C1Cl.F[P-](F)(F)(F)(F)F. The molecule has 0 aliphatic carbocycles. The van der Waals surface area contributed by atoms with Gasteiger partial charge in [-0.3, -0.25) is 4.58 Å². The molecule has 2 nitrogen and oxygen atoms in total. The van der Waals surface area contributed by atoms with Gasteiger partial charge in [0.15, 0.2) is 0 Å². The van der Waals surface area contributed by atoms with Gasteiger partial charge in [-0.25, -0.2) is 4.90 Å². The molecule has 0 spiro atoms. The van der Waals surface area contributed by atoms with Gasteiger partial charge < -0.3 is 0 Å². The third kappa shape index (κ3) is 22.1. The number of amidine groups is 1. The van der Waals surface area contributed by atoms with E-state index in [1.54, 1.807) is 0 Å². The topological polar surface area (TPSA) is 6.25 Å². The van der Waals surface area contributed by atoms with Crippen molar-refractivity contribution in [3.05, 3.63) is 0 Å². The van der Waals surface area contributed by atoms with Gasteiger partial charge in [-0.2, -0.15) is 0 Å². The fourth-order valence-electron chi connectivity index (χ4n) is 3.04. The van der Waals surface area contributed by atoms with Gasteiger partial charge in [0.25, 0.3) is 0 Å². The van der Waals surface area contributed by atoms with E-state index in [0.29, 0.717) is 0 Å². The second-order valence-electron chi connectivity index (χ2n) is 7.53. The summed E-state index contributed by atoms with van der Waals surface area (Å²) in [5, 5.41) is 0.943. The summed E-state index contributed by atoms with van der Waals surface area (Å²) in [6.45, 7) is 5.61. The van der Waals surface area contributed by atoms with Crippen LogP contribution in [0.5, 0.6) is 0 Å². The average Bonchev–Trinajstić information content (AvgIpc) is 2.85. The average molecular weight is 461 g/mol. The number of nitrogens with zero attached hydrogens (tertiary/aromatic N) is 2. The minimum atomic E-state index is -10.7. The molecule has 1 aliphatic rings. The predicted octanol–water partition coefficient (Wildman–Crippen LogP) is 8.62. The van der Waals surface area contributed by atoms with Crippen molar-refractivity contribution < 1.29 is 29.8 Å². The van der Waals surface area contributed by atoms with Crippen LogP contribution in [-0.4, -0.2) is 41.5 Å². The molecule has 10 heteroatoms. The van der Waals surface area contributed by atoms with Crippen LogP contribution < -0.4 is 0 Å². The van der Waals surface area contributed by atoms with Crippen LogP contribution in [0.3, 0.4) is 0 Å². The van der Waals surface area contributed by atoms with E-state index in [4.69, 9.17) is 11.6 Å². The molecule has 0 N–H and O–H groups in total.